The Bertz CT molecular complexity index is 4270. The first-order chi connectivity index (χ1) is 54.8. The van der Waals surface area contributed by atoms with E-state index in [0.29, 0.717) is 53.0 Å². The maximum Gasteiger partial charge on any atom is 0.338 e. The van der Waals surface area contributed by atoms with E-state index in [1.54, 1.807) is 31.4 Å². The minimum absolute atomic E-state index is 0.0257. The molecule has 7 aromatic carbocycles. The molecule has 2 aliphatic rings. The topological polar surface area (TPSA) is 197 Å². The summed E-state index contributed by atoms with van der Waals surface area (Å²) in [5.41, 5.74) is 7.45. The molecule has 22 heteroatoms. The summed E-state index contributed by atoms with van der Waals surface area (Å²) in [6.07, 6.45) is 7.73. The van der Waals surface area contributed by atoms with Gasteiger partial charge in [-0.15, -0.1) is 0 Å². The van der Waals surface area contributed by atoms with Crippen molar-refractivity contribution in [3.8, 4) is 33.8 Å². The van der Waals surface area contributed by atoms with Gasteiger partial charge in [-0.05, 0) is 175 Å². The number of methoxy groups -OCH3 is 4. The fourth-order valence-corrected chi connectivity index (χ4v) is 18.2. The second kappa shape index (κ2) is 44.8. The molecule has 116 heavy (non-hydrogen) atoms. The van der Waals surface area contributed by atoms with Gasteiger partial charge in [0.1, 0.15) is 35.7 Å². The van der Waals surface area contributed by atoms with Crippen LogP contribution in [0.5, 0.6) is 11.5 Å². The summed E-state index contributed by atoms with van der Waals surface area (Å²) in [7, 11) is 1.94. The van der Waals surface area contributed by atoms with Crippen LogP contribution in [-0.4, -0.2) is 162 Å². The molecular formula is C94H125IO18SeSi2. The van der Waals surface area contributed by atoms with Crippen molar-refractivity contribution in [2.45, 2.75) is 225 Å². The van der Waals surface area contributed by atoms with Crippen LogP contribution in [0.1, 0.15) is 169 Å². The Morgan fingerprint density at radius 3 is 1.21 bits per heavy atom. The number of hydrogen-bond acceptors (Lipinski definition) is 18. The van der Waals surface area contributed by atoms with E-state index in [2.05, 4.69) is 148 Å². The molecule has 0 spiro atoms. The molecule has 630 valence electrons. The number of carbonyl (C=O) groups excluding carboxylic acids is 4. The summed E-state index contributed by atoms with van der Waals surface area (Å²) in [4.78, 5) is 52.2. The Kier molecular flexibility index (Phi) is 37.1. The van der Waals surface area contributed by atoms with Gasteiger partial charge in [0.15, 0.2) is 35.0 Å². The van der Waals surface area contributed by atoms with Gasteiger partial charge in [-0.3, -0.25) is 0 Å². The predicted molar refractivity (Wildman–Crippen MR) is 474 cm³/mol. The zero-order valence-electron chi connectivity index (χ0n) is 72.1. The largest absolute Gasteiger partial charge is 0.452 e. The van der Waals surface area contributed by atoms with Crippen LogP contribution >= 0.6 is 22.6 Å². The number of esters is 4. The van der Waals surface area contributed by atoms with Crippen LogP contribution in [0.25, 0.3) is 22.3 Å². The molecule has 0 N–H and O–H groups in total. The molecule has 0 bridgehead atoms. The molecule has 2 heterocycles. The van der Waals surface area contributed by atoms with E-state index in [0.717, 1.165) is 49.5 Å². The monoisotopic (exact) mass is 1800 g/mol. The molecule has 0 aliphatic carbocycles. The SMILES string of the molecule is COCOc1cc(-c2ccccc2)cc(CCC[C@@H]2OC(C)(C)O[C@@H]2C(/C=C\[C@@H](C)[C@H](C)O[Si](C)(C)C(C)(C)C)OC(=O)c2ccccc2)c1C(=O)OC.COCOc1cc(-c2ccccc2)cc(C[Se]c2ccccc2)c1C(=O)OC.C[C@H](/C=C\C(OC(=O)c1ccccc1)[C@H]1OC(C)(C)O[C@H]1CCI)[C@H](C)O[Si](C)(C)C(C)(C)C. The first kappa shape index (κ1) is 96.0. The molecule has 0 radical (unpaired) electrons. The third-order valence-electron chi connectivity index (χ3n) is 21.4. The quantitative estimate of drug-likeness (QED) is 0.00691. The van der Waals surface area contributed by atoms with Gasteiger partial charge in [0.05, 0.1) is 30.4 Å². The summed E-state index contributed by atoms with van der Waals surface area (Å²) < 4.78 is 85.3. The van der Waals surface area contributed by atoms with Crippen LogP contribution < -0.4 is 13.9 Å². The Balaban J connectivity index is 0.000000257. The fraction of sp³-hybridized carbons (Fsp3) is 0.468. The predicted octanol–water partition coefficient (Wildman–Crippen LogP) is 20.6. The molecule has 2 unspecified atom stereocenters. The van der Waals surface area contributed by atoms with Gasteiger partial charge in [0.2, 0.25) is 0 Å². The molecule has 0 aromatic heterocycles. The van der Waals surface area contributed by atoms with Gasteiger partial charge >= 0.3 is 189 Å². The van der Waals surface area contributed by atoms with Gasteiger partial charge in [-0.2, -0.15) is 0 Å². The molecule has 18 nitrogen and oxygen atoms in total. The standard InChI is InChI=1S/C44H60O9Si.C27H43IO5Si.C23H22O4Se/c1-30(31(2)53-54(10,11)43(3,4)5)25-26-36(50-41(45)33-21-16-13-17-22-33)40-37(51-44(6,7)52-40)24-18-23-34-27-35(32-19-14-12-15-20-32)28-38(49-29-47-8)39(34)42(46)48-9;1-19(20(2)33-34(8,9)26(3,4)5)15-16-22(30-25(29)21-13-11-10-12-14-21)24-23(17-18-28)31-27(6,7)32-24;1-25-16-27-21-14-18(17-9-5-3-6-10-17)13-19(22(21)23(24)26-2)15-28-20-11-7-4-8-12-20/h12-17,19-22,25-28,30-31,36-37,40H,18,23-24,29H2,1-11H3;10-16,19-20,22-24H,17-18H2,1-9H3;3-14H,15-16H2,1-2H3/b26-25-;16-15-;/t30-,31+,36?,37+,40-;19-,20+,22?,23+,24-;/m11./s1. The van der Waals surface area contributed by atoms with Crippen LogP contribution in [0, 0.1) is 11.8 Å². The number of ether oxygens (including phenoxy) is 12. The minimum atomic E-state index is -2.01. The van der Waals surface area contributed by atoms with Crippen molar-refractivity contribution in [1.82, 2.24) is 0 Å². The third kappa shape index (κ3) is 28.5. The van der Waals surface area contributed by atoms with Gasteiger partial charge < -0.3 is 51.5 Å². The number of alkyl halides is 1. The Hall–Kier alpha value is -7.14. The summed E-state index contributed by atoms with van der Waals surface area (Å²) >= 11 is 2.52. The van der Waals surface area contributed by atoms with E-state index < -0.39 is 70.5 Å². The van der Waals surface area contributed by atoms with Crippen molar-refractivity contribution in [3.05, 3.63) is 234 Å². The minimum Gasteiger partial charge on any atom is -0.452 e. The molecule has 2 saturated heterocycles. The number of benzene rings is 7. The van der Waals surface area contributed by atoms with Gasteiger partial charge in [0.25, 0.3) is 0 Å². The number of hydrogen-bond donors (Lipinski definition) is 0. The Labute approximate surface area is 712 Å². The average Bonchev–Trinajstić information content (AvgIpc) is 1.40. The van der Waals surface area contributed by atoms with E-state index in [1.807, 2.05) is 173 Å². The van der Waals surface area contributed by atoms with E-state index in [-0.39, 0.29) is 80.8 Å². The summed E-state index contributed by atoms with van der Waals surface area (Å²) in [6, 6.07) is 56.1. The first-order valence-electron chi connectivity index (χ1n) is 39.9. The average molecular weight is 1810 g/mol. The van der Waals surface area contributed by atoms with Crippen LogP contribution in [0.4, 0.5) is 0 Å². The zero-order chi connectivity index (χ0) is 85.2. The molecular weight excluding hydrogens is 1680 g/mol. The van der Waals surface area contributed by atoms with Gasteiger partial charge in [-0.25, -0.2) is 14.4 Å². The van der Waals surface area contributed by atoms with Crippen LogP contribution in [0.3, 0.4) is 0 Å². The summed E-state index contributed by atoms with van der Waals surface area (Å²) in [5.74, 6) is -2.30. The van der Waals surface area contributed by atoms with Crippen LogP contribution in [0.15, 0.2) is 200 Å². The zero-order valence-corrected chi connectivity index (χ0v) is 78.0. The van der Waals surface area contributed by atoms with E-state index in [4.69, 9.17) is 65.7 Å². The van der Waals surface area contributed by atoms with Gasteiger partial charge in [-0.1, -0.05) is 163 Å². The Morgan fingerprint density at radius 1 is 0.474 bits per heavy atom. The van der Waals surface area contributed by atoms with E-state index >= 15 is 0 Å². The van der Waals surface area contributed by atoms with Crippen molar-refractivity contribution >= 4 is 82.5 Å². The third-order valence-corrected chi connectivity index (χ3v) is 33.3. The molecule has 2 fully saturated rings. The summed E-state index contributed by atoms with van der Waals surface area (Å²) in [5, 5.41) is 0.975. The number of halogens is 1. The van der Waals surface area contributed by atoms with Crippen molar-refractivity contribution in [3.63, 3.8) is 0 Å². The second-order valence-electron chi connectivity index (χ2n) is 33.2. The summed E-state index contributed by atoms with van der Waals surface area (Å²) in [6.45, 7) is 38.5. The van der Waals surface area contributed by atoms with Crippen molar-refractivity contribution in [2.24, 2.45) is 11.8 Å². The smallest absolute Gasteiger partial charge is 0.338 e. The van der Waals surface area contributed by atoms with Gasteiger partial charge in [0, 0.05) is 23.7 Å². The molecule has 7 aromatic rings. The van der Waals surface area contributed by atoms with Crippen molar-refractivity contribution in [2.75, 3.05) is 46.5 Å². The molecule has 10 atom stereocenters. The fourth-order valence-electron chi connectivity index (χ4n) is 12.7. The van der Waals surface area contributed by atoms with Crippen molar-refractivity contribution in [1.29, 1.82) is 0 Å². The van der Waals surface area contributed by atoms with E-state index in [9.17, 15) is 19.2 Å². The van der Waals surface area contributed by atoms with Crippen LogP contribution in [-0.2, 0) is 68.0 Å². The molecule has 9 rings (SSSR count). The maximum absolute atomic E-state index is 13.5. The maximum atomic E-state index is 13.5. The molecule has 0 amide bonds. The second-order valence-corrected chi connectivity index (χ2v) is 46.0. The number of aryl methyl sites for hydroxylation is 1. The molecule has 0 saturated carbocycles. The first-order valence-corrected chi connectivity index (χ1v) is 49.3. The van der Waals surface area contributed by atoms with E-state index in [1.165, 1.54) is 25.8 Å². The normalized spacial score (nSPS) is 18.3. The Morgan fingerprint density at radius 2 is 0.836 bits per heavy atom. The molecule has 2 aliphatic heterocycles. The number of rotatable bonds is 35. The number of carbonyl (C=O) groups is 4. The van der Waals surface area contributed by atoms with Crippen molar-refractivity contribution < 1.29 is 84.9 Å². The van der Waals surface area contributed by atoms with Crippen LogP contribution in [0.2, 0.25) is 36.3 Å².